The molecule has 0 aliphatic rings. The van der Waals surface area contributed by atoms with Gasteiger partial charge < -0.3 is 4.74 Å². The summed E-state index contributed by atoms with van der Waals surface area (Å²) in [5.74, 6) is 1.15. The van der Waals surface area contributed by atoms with Crippen molar-refractivity contribution in [3.63, 3.8) is 0 Å². The lowest BCUT2D eigenvalue weighted by Gasteiger charge is -2.30. The number of rotatable bonds is 10. The lowest BCUT2D eigenvalue weighted by molar-refractivity contribution is 0.173. The summed E-state index contributed by atoms with van der Waals surface area (Å²) in [5, 5.41) is 0.578. The predicted molar refractivity (Wildman–Crippen MR) is 115 cm³/mol. The first kappa shape index (κ1) is 22.7. The minimum absolute atomic E-state index is 0.218. The van der Waals surface area contributed by atoms with Crippen LogP contribution in [0, 0.1) is 0 Å². The van der Waals surface area contributed by atoms with Crippen molar-refractivity contribution in [1.29, 1.82) is 0 Å². The van der Waals surface area contributed by atoms with Gasteiger partial charge in [-0.25, -0.2) is 13.1 Å². The van der Waals surface area contributed by atoms with Gasteiger partial charge in [0.15, 0.2) is 0 Å². The third-order valence-corrected chi connectivity index (χ3v) is 6.09. The number of ether oxygens (including phenoxy) is 1. The smallest absolute Gasteiger partial charge is 0.240 e. The fraction of sp³-hybridized carbons (Fsp3) is 0.429. The Morgan fingerprint density at radius 1 is 1.00 bits per heavy atom. The average molecular weight is 425 g/mol. The van der Waals surface area contributed by atoms with Crippen molar-refractivity contribution in [2.75, 3.05) is 13.1 Å². The van der Waals surface area contributed by atoms with Crippen LogP contribution in [0.4, 0.5) is 0 Å². The van der Waals surface area contributed by atoms with Gasteiger partial charge in [0.2, 0.25) is 10.0 Å². The number of nitrogens with one attached hydrogen (secondary N) is 1. The van der Waals surface area contributed by atoms with E-state index >= 15 is 0 Å². The molecule has 0 aliphatic carbocycles. The molecule has 0 heterocycles. The molecule has 2 rings (SSSR count). The summed E-state index contributed by atoms with van der Waals surface area (Å²) in [4.78, 5) is 2.56. The van der Waals surface area contributed by atoms with Gasteiger partial charge in [0.25, 0.3) is 0 Å². The van der Waals surface area contributed by atoms with Gasteiger partial charge >= 0.3 is 0 Å². The maximum Gasteiger partial charge on any atom is 0.240 e. The Kier molecular flexibility index (Phi) is 8.31. The first-order chi connectivity index (χ1) is 13.2. The van der Waals surface area contributed by atoms with Gasteiger partial charge in [0, 0.05) is 23.7 Å². The molecule has 0 unspecified atom stereocenters. The highest BCUT2D eigenvalue weighted by Gasteiger charge is 2.16. The number of nitrogens with zero attached hydrogens (tertiary/aromatic N) is 1. The van der Waals surface area contributed by atoms with Crippen LogP contribution in [-0.4, -0.2) is 38.5 Å². The SMILES string of the molecule is CC(C)N(CCCNS(=O)(=O)c1ccc(Oc2cccc(Cl)c2)cc1)C(C)C. The highest BCUT2D eigenvalue weighted by atomic mass is 35.5. The molecule has 154 valence electrons. The topological polar surface area (TPSA) is 58.6 Å². The summed E-state index contributed by atoms with van der Waals surface area (Å²) in [6.45, 7) is 9.85. The van der Waals surface area contributed by atoms with Gasteiger partial charge in [0.05, 0.1) is 4.90 Å². The van der Waals surface area contributed by atoms with Crippen LogP contribution in [0.1, 0.15) is 34.1 Å². The Hall–Kier alpha value is -1.60. The highest BCUT2D eigenvalue weighted by molar-refractivity contribution is 7.89. The van der Waals surface area contributed by atoms with Crippen LogP contribution in [0.5, 0.6) is 11.5 Å². The monoisotopic (exact) mass is 424 g/mol. The Morgan fingerprint density at radius 2 is 1.64 bits per heavy atom. The first-order valence-electron chi connectivity index (χ1n) is 9.48. The van der Waals surface area contributed by atoms with E-state index in [1.807, 2.05) is 0 Å². The first-order valence-corrected chi connectivity index (χ1v) is 11.3. The Labute approximate surface area is 173 Å². The van der Waals surface area contributed by atoms with Crippen LogP contribution in [0.25, 0.3) is 0 Å². The van der Waals surface area contributed by atoms with E-state index in [9.17, 15) is 8.42 Å². The molecule has 0 bridgehead atoms. The van der Waals surface area contributed by atoms with Crippen molar-refractivity contribution >= 4 is 21.6 Å². The Bertz CT molecular complexity index is 844. The normalized spacial score (nSPS) is 12.1. The molecular weight excluding hydrogens is 396 g/mol. The van der Waals surface area contributed by atoms with Crippen LogP contribution >= 0.6 is 11.6 Å². The van der Waals surface area contributed by atoms with E-state index in [2.05, 4.69) is 37.3 Å². The molecule has 7 heteroatoms. The van der Waals surface area contributed by atoms with Crippen molar-refractivity contribution in [2.45, 2.75) is 51.1 Å². The molecule has 0 aliphatic heterocycles. The molecule has 0 fully saturated rings. The number of sulfonamides is 1. The van der Waals surface area contributed by atoms with Gasteiger partial charge in [-0.1, -0.05) is 17.7 Å². The zero-order chi connectivity index (χ0) is 20.7. The molecule has 0 saturated heterocycles. The van der Waals surface area contributed by atoms with E-state index in [0.29, 0.717) is 35.2 Å². The molecular formula is C21H29ClN2O3S. The second kappa shape index (κ2) is 10.3. The second-order valence-electron chi connectivity index (χ2n) is 7.21. The Morgan fingerprint density at radius 3 is 2.21 bits per heavy atom. The molecule has 2 aromatic rings. The van der Waals surface area contributed by atoms with Crippen molar-refractivity contribution in [1.82, 2.24) is 9.62 Å². The van der Waals surface area contributed by atoms with Crippen molar-refractivity contribution in [3.05, 3.63) is 53.6 Å². The van der Waals surface area contributed by atoms with Crippen molar-refractivity contribution < 1.29 is 13.2 Å². The molecule has 1 N–H and O–H groups in total. The van der Waals surface area contributed by atoms with E-state index in [-0.39, 0.29) is 4.90 Å². The molecule has 0 amide bonds. The number of hydrogen-bond acceptors (Lipinski definition) is 4. The average Bonchev–Trinajstić information content (AvgIpc) is 2.61. The number of benzene rings is 2. The maximum atomic E-state index is 12.5. The zero-order valence-electron chi connectivity index (χ0n) is 16.9. The summed E-state index contributed by atoms with van der Waals surface area (Å²) in [6, 6.07) is 14.3. The molecule has 0 atom stereocenters. The van der Waals surface area contributed by atoms with Gasteiger partial charge in [-0.2, -0.15) is 0 Å². The van der Waals surface area contributed by atoms with E-state index in [1.165, 1.54) is 12.1 Å². The van der Waals surface area contributed by atoms with Crippen LogP contribution < -0.4 is 9.46 Å². The largest absolute Gasteiger partial charge is 0.457 e. The molecule has 5 nitrogen and oxygen atoms in total. The summed E-state index contributed by atoms with van der Waals surface area (Å²) in [7, 11) is -3.54. The van der Waals surface area contributed by atoms with Crippen molar-refractivity contribution in [3.8, 4) is 11.5 Å². The minimum Gasteiger partial charge on any atom is -0.457 e. The quantitative estimate of drug-likeness (QED) is 0.550. The Balaban J connectivity index is 1.91. The van der Waals surface area contributed by atoms with E-state index in [4.69, 9.17) is 16.3 Å². The minimum atomic E-state index is -3.54. The van der Waals surface area contributed by atoms with Crippen LogP contribution in [0.2, 0.25) is 5.02 Å². The molecule has 0 radical (unpaired) electrons. The van der Waals surface area contributed by atoms with Gasteiger partial charge in [-0.15, -0.1) is 0 Å². The lowest BCUT2D eigenvalue weighted by atomic mass is 10.2. The van der Waals surface area contributed by atoms with Gasteiger partial charge in [-0.3, -0.25) is 4.90 Å². The standard InChI is InChI=1S/C21H29ClN2O3S/c1-16(2)24(17(3)4)14-6-13-23-28(25,26)21-11-9-19(10-12-21)27-20-8-5-7-18(22)15-20/h5,7-12,15-17,23H,6,13-14H2,1-4H3. The summed E-state index contributed by atoms with van der Waals surface area (Å²) in [5.41, 5.74) is 0. The van der Waals surface area contributed by atoms with Gasteiger partial charge in [-0.05, 0) is 83.1 Å². The summed E-state index contributed by atoms with van der Waals surface area (Å²) in [6.07, 6.45) is 0.756. The van der Waals surface area contributed by atoms with Crippen LogP contribution in [0.15, 0.2) is 53.4 Å². The third-order valence-electron chi connectivity index (χ3n) is 4.38. The fourth-order valence-electron chi connectivity index (χ4n) is 3.02. The molecule has 0 saturated carbocycles. The fourth-order valence-corrected chi connectivity index (χ4v) is 4.27. The van der Waals surface area contributed by atoms with Crippen LogP contribution in [0.3, 0.4) is 0 Å². The summed E-state index contributed by atoms with van der Waals surface area (Å²) < 4.78 is 33.3. The summed E-state index contributed by atoms with van der Waals surface area (Å²) >= 11 is 5.94. The number of halogens is 1. The lowest BCUT2D eigenvalue weighted by Crippen LogP contribution is -2.39. The van der Waals surface area contributed by atoms with E-state index in [0.717, 1.165) is 13.0 Å². The van der Waals surface area contributed by atoms with Crippen molar-refractivity contribution in [2.24, 2.45) is 0 Å². The predicted octanol–water partition coefficient (Wildman–Crippen LogP) is 4.92. The second-order valence-corrected chi connectivity index (χ2v) is 9.41. The zero-order valence-corrected chi connectivity index (χ0v) is 18.4. The third kappa shape index (κ3) is 6.78. The maximum absolute atomic E-state index is 12.5. The molecule has 28 heavy (non-hydrogen) atoms. The number of hydrogen-bond donors (Lipinski definition) is 1. The molecule has 0 aromatic heterocycles. The molecule has 0 spiro atoms. The van der Waals surface area contributed by atoms with Gasteiger partial charge in [0.1, 0.15) is 11.5 Å². The van der Waals surface area contributed by atoms with E-state index < -0.39 is 10.0 Å². The van der Waals surface area contributed by atoms with Crippen LogP contribution in [-0.2, 0) is 10.0 Å². The van der Waals surface area contributed by atoms with E-state index in [1.54, 1.807) is 36.4 Å². The highest BCUT2D eigenvalue weighted by Crippen LogP contribution is 2.25. The molecule has 2 aromatic carbocycles.